The second kappa shape index (κ2) is 12.8. The van der Waals surface area contributed by atoms with E-state index < -0.39 is 27.1 Å². The highest BCUT2D eigenvalue weighted by atomic mass is 32.2. The van der Waals surface area contributed by atoms with Gasteiger partial charge in [0, 0.05) is 30.0 Å². The zero-order chi connectivity index (χ0) is 29.1. The molecule has 0 unspecified atom stereocenters. The Balaban J connectivity index is 1.82. The highest BCUT2D eigenvalue weighted by Crippen LogP contribution is 2.59. The number of sulfonamides is 1. The SMILES string of the molecule is CCCN(C[C@]1(O)CC[C@H]2c3ccc(cc3C(=O)C3CCCCC3)C[C@@H](O)CCC(C)=CCC[C@@]21C)S(C)(=O)=O. The van der Waals surface area contributed by atoms with Gasteiger partial charge >= 0.3 is 0 Å². The molecule has 2 saturated carbocycles. The van der Waals surface area contributed by atoms with E-state index in [9.17, 15) is 23.4 Å². The van der Waals surface area contributed by atoms with Crippen molar-refractivity contribution < 1.29 is 23.4 Å². The molecule has 224 valence electrons. The predicted molar refractivity (Wildman–Crippen MR) is 161 cm³/mol. The maximum atomic E-state index is 14.1. The molecule has 4 atom stereocenters. The first-order chi connectivity index (χ1) is 18.9. The lowest BCUT2D eigenvalue weighted by molar-refractivity contribution is -0.0723. The molecule has 0 radical (unpaired) electrons. The van der Waals surface area contributed by atoms with Crippen LogP contribution in [0.3, 0.4) is 0 Å². The molecule has 0 spiro atoms. The summed E-state index contributed by atoms with van der Waals surface area (Å²) in [5, 5.41) is 23.2. The minimum absolute atomic E-state index is 0.0222. The van der Waals surface area contributed by atoms with Gasteiger partial charge < -0.3 is 10.2 Å². The van der Waals surface area contributed by atoms with Gasteiger partial charge in [0.2, 0.25) is 10.0 Å². The van der Waals surface area contributed by atoms with E-state index in [0.717, 1.165) is 55.2 Å². The lowest BCUT2D eigenvalue weighted by Crippen LogP contribution is -2.53. The number of hydrogen-bond donors (Lipinski definition) is 2. The molecule has 7 heteroatoms. The van der Waals surface area contributed by atoms with E-state index in [1.165, 1.54) is 22.6 Å². The van der Waals surface area contributed by atoms with Crippen LogP contribution in [0.15, 0.2) is 29.8 Å². The van der Waals surface area contributed by atoms with Crippen LogP contribution in [0.5, 0.6) is 0 Å². The van der Waals surface area contributed by atoms with Crippen molar-refractivity contribution in [3.8, 4) is 0 Å². The number of carbonyl (C=O) groups is 1. The van der Waals surface area contributed by atoms with Crippen molar-refractivity contribution in [3.05, 3.63) is 46.5 Å². The van der Waals surface area contributed by atoms with Crippen molar-refractivity contribution in [2.24, 2.45) is 11.3 Å². The highest BCUT2D eigenvalue weighted by Gasteiger charge is 2.57. The average Bonchev–Trinajstić information content (AvgIpc) is 3.16. The summed E-state index contributed by atoms with van der Waals surface area (Å²) < 4.78 is 26.9. The normalized spacial score (nSPS) is 30.6. The summed E-state index contributed by atoms with van der Waals surface area (Å²) in [6.07, 6.45) is 13.5. The number of fused-ring (bicyclic) bond motifs is 8. The molecule has 0 amide bonds. The number of benzene rings is 1. The van der Waals surface area contributed by atoms with Crippen molar-refractivity contribution in [1.82, 2.24) is 4.31 Å². The Morgan fingerprint density at radius 1 is 1.10 bits per heavy atom. The number of aliphatic hydroxyl groups is 2. The molecule has 40 heavy (non-hydrogen) atoms. The maximum Gasteiger partial charge on any atom is 0.211 e. The van der Waals surface area contributed by atoms with Gasteiger partial charge in [0.15, 0.2) is 5.78 Å². The number of carbonyl (C=O) groups excluding carboxylic acids is 1. The fraction of sp³-hybridized carbons (Fsp3) is 0.727. The Kier molecular flexibility index (Phi) is 10.0. The Morgan fingerprint density at radius 3 is 2.50 bits per heavy atom. The van der Waals surface area contributed by atoms with Crippen LogP contribution in [0.2, 0.25) is 0 Å². The van der Waals surface area contributed by atoms with Crippen LogP contribution in [-0.4, -0.2) is 59.8 Å². The van der Waals surface area contributed by atoms with Crippen LogP contribution in [-0.2, 0) is 16.4 Å². The van der Waals surface area contributed by atoms with E-state index in [1.54, 1.807) is 0 Å². The van der Waals surface area contributed by atoms with Crippen LogP contribution in [0, 0.1) is 11.3 Å². The zero-order valence-corrected chi connectivity index (χ0v) is 25.9. The largest absolute Gasteiger partial charge is 0.393 e. The van der Waals surface area contributed by atoms with Crippen LogP contribution in [0.25, 0.3) is 0 Å². The fourth-order valence-electron chi connectivity index (χ4n) is 7.70. The van der Waals surface area contributed by atoms with Gasteiger partial charge in [0.05, 0.1) is 18.0 Å². The third-order valence-electron chi connectivity index (χ3n) is 10.3. The number of allylic oxidation sites excluding steroid dienone is 2. The first kappa shape index (κ1) is 31.4. The van der Waals surface area contributed by atoms with Crippen molar-refractivity contribution in [2.75, 3.05) is 19.3 Å². The summed E-state index contributed by atoms with van der Waals surface area (Å²) >= 11 is 0. The van der Waals surface area contributed by atoms with Gasteiger partial charge in [0.1, 0.15) is 0 Å². The van der Waals surface area contributed by atoms with E-state index in [1.807, 2.05) is 13.0 Å². The molecule has 6 nitrogen and oxygen atoms in total. The van der Waals surface area contributed by atoms with Gasteiger partial charge in [-0.2, -0.15) is 4.31 Å². The Morgan fingerprint density at radius 2 is 1.82 bits per heavy atom. The summed E-state index contributed by atoms with van der Waals surface area (Å²) in [6.45, 7) is 6.63. The second-order valence-electron chi connectivity index (χ2n) is 13.2. The molecule has 4 aliphatic carbocycles. The molecule has 1 aromatic carbocycles. The van der Waals surface area contributed by atoms with Crippen molar-refractivity contribution in [2.45, 2.75) is 122 Å². The number of rotatable bonds is 7. The molecule has 0 saturated heterocycles. The van der Waals surface area contributed by atoms with Crippen molar-refractivity contribution in [1.29, 1.82) is 0 Å². The first-order valence-electron chi connectivity index (χ1n) is 15.6. The van der Waals surface area contributed by atoms with Gasteiger partial charge in [-0.1, -0.05) is 56.9 Å². The number of aliphatic hydroxyl groups excluding tert-OH is 1. The van der Waals surface area contributed by atoms with Crippen LogP contribution < -0.4 is 0 Å². The summed E-state index contributed by atoms with van der Waals surface area (Å²) in [4.78, 5) is 14.1. The molecular formula is C33H51NO5S. The zero-order valence-electron chi connectivity index (χ0n) is 25.1. The molecule has 2 N–H and O–H groups in total. The lowest BCUT2D eigenvalue weighted by Gasteiger charge is -2.45. The van der Waals surface area contributed by atoms with E-state index in [4.69, 9.17) is 0 Å². The Labute approximate surface area is 242 Å². The van der Waals surface area contributed by atoms with E-state index >= 15 is 0 Å². The molecule has 5 rings (SSSR count). The third kappa shape index (κ3) is 6.74. The lowest BCUT2D eigenvalue weighted by atomic mass is 9.64. The minimum Gasteiger partial charge on any atom is -0.393 e. The molecule has 0 aliphatic heterocycles. The van der Waals surface area contributed by atoms with Crippen LogP contribution in [0.4, 0.5) is 0 Å². The van der Waals surface area contributed by atoms with Gasteiger partial charge in [-0.05, 0) is 94.2 Å². The maximum absolute atomic E-state index is 14.1. The summed E-state index contributed by atoms with van der Waals surface area (Å²) in [6, 6.07) is 6.17. The van der Waals surface area contributed by atoms with E-state index in [0.29, 0.717) is 45.1 Å². The average molecular weight is 574 g/mol. The van der Waals surface area contributed by atoms with Gasteiger partial charge in [-0.3, -0.25) is 4.79 Å². The Hall–Kier alpha value is -1.54. The summed E-state index contributed by atoms with van der Waals surface area (Å²) in [7, 11) is -3.48. The topological polar surface area (TPSA) is 94.9 Å². The highest BCUT2D eigenvalue weighted by molar-refractivity contribution is 7.88. The minimum atomic E-state index is -3.48. The summed E-state index contributed by atoms with van der Waals surface area (Å²) in [5.74, 6) is 0.156. The van der Waals surface area contributed by atoms with Crippen molar-refractivity contribution in [3.63, 3.8) is 0 Å². The molecule has 0 aromatic heterocycles. The van der Waals surface area contributed by atoms with Crippen LogP contribution in [0.1, 0.15) is 125 Å². The van der Waals surface area contributed by atoms with Gasteiger partial charge in [0.25, 0.3) is 0 Å². The number of ketones is 1. The number of hydrogen-bond acceptors (Lipinski definition) is 5. The molecule has 2 bridgehead atoms. The van der Waals surface area contributed by atoms with Crippen LogP contribution >= 0.6 is 0 Å². The standard InChI is InChI=1S/C33H51NO5S/c1-5-20-34(40(4,38)39)23-33(37)19-17-30-28-16-14-25(22-29(28)31(36)26-11-7-6-8-12-26)21-27(35)15-13-24(2)10-9-18-32(30,33)3/h10,14,16,22,26-27,30,35,37H,5-9,11-13,15,17-21,23H2,1-4H3/t27-,30-,32-,33+/m0/s1. The third-order valence-corrected chi connectivity index (χ3v) is 11.5. The molecular weight excluding hydrogens is 522 g/mol. The molecule has 0 heterocycles. The second-order valence-corrected chi connectivity index (χ2v) is 15.2. The number of nitrogens with zero attached hydrogens (tertiary/aromatic N) is 1. The monoisotopic (exact) mass is 573 g/mol. The first-order valence-corrected chi connectivity index (χ1v) is 17.4. The summed E-state index contributed by atoms with van der Waals surface area (Å²) in [5.41, 5.74) is 2.13. The smallest absolute Gasteiger partial charge is 0.211 e. The van der Waals surface area contributed by atoms with Crippen molar-refractivity contribution >= 4 is 15.8 Å². The van der Waals surface area contributed by atoms with Gasteiger partial charge in [-0.25, -0.2) is 8.42 Å². The predicted octanol–water partition coefficient (Wildman–Crippen LogP) is 6.16. The molecule has 2 fully saturated rings. The fourth-order valence-corrected chi connectivity index (χ4v) is 8.66. The van der Waals surface area contributed by atoms with Gasteiger partial charge in [-0.15, -0.1) is 0 Å². The molecule has 1 aromatic rings. The number of Topliss-reactive ketones (excluding diaryl/α,β-unsaturated/α-hetero) is 1. The molecule has 4 aliphatic rings. The Bertz CT molecular complexity index is 1190. The van der Waals surface area contributed by atoms with E-state index in [-0.39, 0.29) is 24.2 Å². The van der Waals surface area contributed by atoms with E-state index in [2.05, 4.69) is 32.1 Å². The quantitative estimate of drug-likeness (QED) is 0.301.